The summed E-state index contributed by atoms with van der Waals surface area (Å²) in [6.45, 7) is 0.611. The Hall–Kier alpha value is -3.67. The van der Waals surface area contributed by atoms with Crippen molar-refractivity contribution in [1.29, 1.82) is 0 Å². The van der Waals surface area contributed by atoms with Gasteiger partial charge in [-0.1, -0.05) is 17.7 Å². The second-order valence-corrected chi connectivity index (χ2v) is 9.87. The third kappa shape index (κ3) is 4.85. The van der Waals surface area contributed by atoms with Crippen LogP contribution in [0.15, 0.2) is 36.5 Å². The van der Waals surface area contributed by atoms with Crippen molar-refractivity contribution in [3.63, 3.8) is 0 Å². The van der Waals surface area contributed by atoms with Gasteiger partial charge in [0.05, 0.1) is 5.02 Å². The number of hydrogen-bond donors (Lipinski definition) is 2. The van der Waals surface area contributed by atoms with E-state index in [0.717, 1.165) is 11.0 Å². The van der Waals surface area contributed by atoms with E-state index < -0.39 is 47.2 Å². The number of aromatic nitrogens is 2. The molecule has 0 aliphatic carbocycles. The van der Waals surface area contributed by atoms with Crippen LogP contribution in [-0.2, 0) is 16.0 Å². The monoisotopic (exact) mass is 537 g/mol. The molecule has 5 rings (SSSR count). The molecule has 2 saturated heterocycles. The number of likely N-dealkylation sites (tertiary alicyclic amines) is 2. The summed E-state index contributed by atoms with van der Waals surface area (Å²) in [6, 6.07) is 4.85. The summed E-state index contributed by atoms with van der Waals surface area (Å²) in [7, 11) is 0. The lowest BCUT2D eigenvalue weighted by molar-refractivity contribution is -0.176. The third-order valence-corrected chi connectivity index (χ3v) is 6.85. The number of aromatic amines is 1. The molecule has 2 aliphatic rings. The fraction of sp³-hybridized carbons (Fsp3) is 0.333. The zero-order valence-corrected chi connectivity index (χ0v) is 19.9. The van der Waals surface area contributed by atoms with E-state index in [1.54, 1.807) is 6.07 Å². The number of pyridine rings is 1. The number of carbonyl (C=O) groups is 3. The number of nitrogens with one attached hydrogen (secondary N) is 2. The van der Waals surface area contributed by atoms with Gasteiger partial charge in [0, 0.05) is 55.7 Å². The van der Waals surface area contributed by atoms with Gasteiger partial charge in [-0.05, 0) is 23.8 Å². The first kappa shape index (κ1) is 25.0. The summed E-state index contributed by atoms with van der Waals surface area (Å²) in [5, 5.41) is 3.55. The molecule has 1 atom stereocenters. The van der Waals surface area contributed by atoms with E-state index in [1.807, 2.05) is 0 Å². The molecule has 194 valence electrons. The number of hydrogen-bond acceptors (Lipinski definition) is 4. The topological polar surface area (TPSA) is 98.4 Å². The van der Waals surface area contributed by atoms with Crippen molar-refractivity contribution in [2.24, 2.45) is 5.41 Å². The minimum absolute atomic E-state index is 0.0257. The smallest absolute Gasteiger partial charge is 0.315 e. The molecule has 3 amide bonds. The molecule has 8 nitrogen and oxygen atoms in total. The lowest BCUT2D eigenvalue weighted by Crippen LogP contribution is -2.75. The number of halogens is 5. The van der Waals surface area contributed by atoms with Crippen LogP contribution in [0.1, 0.15) is 16.1 Å². The van der Waals surface area contributed by atoms with Gasteiger partial charge in [-0.15, -0.1) is 0 Å². The van der Waals surface area contributed by atoms with Gasteiger partial charge in [0.25, 0.3) is 11.8 Å². The molecule has 37 heavy (non-hydrogen) atoms. The second kappa shape index (κ2) is 9.33. The quantitative estimate of drug-likeness (QED) is 0.473. The number of amides is 3. The van der Waals surface area contributed by atoms with Crippen LogP contribution in [0.5, 0.6) is 0 Å². The van der Waals surface area contributed by atoms with E-state index >= 15 is 0 Å². The Morgan fingerprint density at radius 2 is 1.73 bits per heavy atom. The van der Waals surface area contributed by atoms with Crippen LogP contribution in [-0.4, -0.2) is 76.1 Å². The molecule has 1 spiro atoms. The number of rotatable bonds is 6. The van der Waals surface area contributed by atoms with Crippen molar-refractivity contribution in [3.05, 3.63) is 64.4 Å². The fourth-order valence-electron chi connectivity index (χ4n) is 4.85. The average Bonchev–Trinajstić information content (AvgIpc) is 3.21. The van der Waals surface area contributed by atoms with Crippen LogP contribution < -0.4 is 5.32 Å². The van der Waals surface area contributed by atoms with E-state index in [-0.39, 0.29) is 43.9 Å². The maximum atomic E-state index is 14.4. The first-order chi connectivity index (χ1) is 17.5. The van der Waals surface area contributed by atoms with Gasteiger partial charge in [0.15, 0.2) is 0 Å². The summed E-state index contributed by atoms with van der Waals surface area (Å²) in [6.07, 6.45) is -1.93. The van der Waals surface area contributed by atoms with Gasteiger partial charge in [-0.2, -0.15) is 8.78 Å². The normalized spacial score (nSPS) is 17.0. The number of carbonyl (C=O) groups excluding carboxylic acids is 3. The highest BCUT2D eigenvalue weighted by atomic mass is 35.5. The van der Waals surface area contributed by atoms with Crippen LogP contribution >= 0.6 is 11.6 Å². The van der Waals surface area contributed by atoms with Gasteiger partial charge in [-0.3, -0.25) is 14.4 Å². The van der Waals surface area contributed by atoms with E-state index in [4.69, 9.17) is 11.6 Å². The number of nitrogens with zero attached hydrogens (tertiary/aromatic N) is 3. The molecule has 13 heteroatoms. The lowest BCUT2D eigenvalue weighted by atomic mass is 9.72. The highest BCUT2D eigenvalue weighted by molar-refractivity contribution is 6.31. The largest absolute Gasteiger partial charge is 0.339 e. The summed E-state index contributed by atoms with van der Waals surface area (Å²) >= 11 is 5.94. The summed E-state index contributed by atoms with van der Waals surface area (Å²) in [5.41, 5.74) is 0.0533. The molecule has 2 aliphatic heterocycles. The number of alkyl halides is 2. The predicted molar refractivity (Wildman–Crippen MR) is 124 cm³/mol. The highest BCUT2D eigenvalue weighted by Gasteiger charge is 2.55. The first-order valence-corrected chi connectivity index (χ1v) is 11.7. The van der Waals surface area contributed by atoms with Crippen molar-refractivity contribution in [2.45, 2.75) is 18.9 Å². The zero-order valence-electron chi connectivity index (χ0n) is 19.1. The van der Waals surface area contributed by atoms with Crippen molar-refractivity contribution < 1.29 is 31.9 Å². The zero-order chi connectivity index (χ0) is 26.5. The molecule has 2 aromatic heterocycles. The maximum absolute atomic E-state index is 14.4. The average molecular weight is 538 g/mol. The van der Waals surface area contributed by atoms with Crippen molar-refractivity contribution in [1.82, 2.24) is 25.1 Å². The van der Waals surface area contributed by atoms with Crippen LogP contribution in [0.3, 0.4) is 0 Å². The minimum Gasteiger partial charge on any atom is -0.339 e. The molecule has 0 radical (unpaired) electrons. The van der Waals surface area contributed by atoms with E-state index in [0.29, 0.717) is 22.1 Å². The van der Waals surface area contributed by atoms with Gasteiger partial charge >= 0.3 is 6.43 Å². The number of benzene rings is 1. The molecule has 2 fully saturated rings. The SMILES string of the molecule is O=C(N[C@@H](Cc1ccc(F)cc1F)C(=O)N1CC2(CN(C(=O)C(F)F)C2)C1)c1cc2cc(Cl)cnc2[nH]1. The van der Waals surface area contributed by atoms with Gasteiger partial charge in [-0.25, -0.2) is 13.8 Å². The standard InChI is InChI=1S/C24H20ClF4N5O3/c25-14-3-13-5-17(31-20(13)30-7-14)21(35)32-18(4-12-1-2-15(26)6-16(12)27)22(36)33-8-24(9-33)10-34(11-24)23(37)19(28)29/h1-3,5-7,18-19H,4,8-11H2,(H,30,31)(H,32,35)/t18-/m0/s1. The molecular formula is C24H20ClF4N5O3. The Balaban J connectivity index is 1.31. The minimum atomic E-state index is -3.09. The van der Waals surface area contributed by atoms with Crippen molar-refractivity contribution >= 4 is 40.4 Å². The Bertz CT molecular complexity index is 1400. The summed E-state index contributed by atoms with van der Waals surface area (Å²) in [5.74, 6) is -4.06. The molecule has 0 unspecified atom stereocenters. The molecule has 3 aromatic rings. The van der Waals surface area contributed by atoms with E-state index in [9.17, 15) is 31.9 Å². The molecule has 1 aromatic carbocycles. The second-order valence-electron chi connectivity index (χ2n) is 9.43. The van der Waals surface area contributed by atoms with Crippen LogP contribution in [0.2, 0.25) is 5.02 Å². The van der Waals surface area contributed by atoms with Gasteiger partial charge < -0.3 is 20.1 Å². The van der Waals surface area contributed by atoms with Gasteiger partial charge in [0.2, 0.25) is 5.91 Å². The summed E-state index contributed by atoms with van der Waals surface area (Å²) < 4.78 is 53.0. The van der Waals surface area contributed by atoms with Crippen molar-refractivity contribution in [3.8, 4) is 0 Å². The van der Waals surface area contributed by atoms with Crippen molar-refractivity contribution in [2.75, 3.05) is 26.2 Å². The molecule has 2 N–H and O–H groups in total. The van der Waals surface area contributed by atoms with E-state index in [1.165, 1.54) is 23.2 Å². The molecule has 0 bridgehead atoms. The Morgan fingerprint density at radius 1 is 1.05 bits per heavy atom. The molecular weight excluding hydrogens is 518 g/mol. The summed E-state index contributed by atoms with van der Waals surface area (Å²) in [4.78, 5) is 47.2. The fourth-order valence-corrected chi connectivity index (χ4v) is 5.02. The predicted octanol–water partition coefficient (Wildman–Crippen LogP) is 2.77. The molecule has 4 heterocycles. The molecule has 0 saturated carbocycles. The first-order valence-electron chi connectivity index (χ1n) is 11.3. The van der Waals surface area contributed by atoms with Crippen LogP contribution in [0, 0.1) is 17.0 Å². The highest BCUT2D eigenvalue weighted by Crippen LogP contribution is 2.40. The Kier molecular flexibility index (Phi) is 6.30. The number of H-pyrrole nitrogens is 1. The van der Waals surface area contributed by atoms with Crippen LogP contribution in [0.4, 0.5) is 17.6 Å². The van der Waals surface area contributed by atoms with E-state index in [2.05, 4.69) is 15.3 Å². The van der Waals surface area contributed by atoms with Gasteiger partial charge in [0.1, 0.15) is 29.0 Å². The Morgan fingerprint density at radius 3 is 2.38 bits per heavy atom. The maximum Gasteiger partial charge on any atom is 0.315 e. The lowest BCUT2D eigenvalue weighted by Gasteiger charge is -2.60. The third-order valence-electron chi connectivity index (χ3n) is 6.64. The Labute approximate surface area is 212 Å². The van der Waals surface area contributed by atoms with Crippen LogP contribution in [0.25, 0.3) is 11.0 Å². The number of fused-ring (bicyclic) bond motifs is 1.